The Morgan fingerprint density at radius 2 is 1.21 bits per heavy atom. The molecular weight excluding hydrogens is 884 g/mol. The third-order valence-electron chi connectivity index (χ3n) is 10.0. The molecule has 5 heterocycles. The fourth-order valence-electron chi connectivity index (χ4n) is 6.68. The highest BCUT2D eigenvalue weighted by Crippen LogP contribution is 2.36. The molecule has 0 radical (unpaired) electrons. The second-order valence-electron chi connectivity index (χ2n) is 14.2. The molecule has 63 heavy (non-hydrogen) atoms. The molecule has 8 aromatic rings. The van der Waals surface area contributed by atoms with Crippen molar-refractivity contribution in [2.45, 2.75) is 0 Å². The first kappa shape index (κ1) is 42.5. The van der Waals surface area contributed by atoms with Crippen molar-refractivity contribution in [2.24, 2.45) is 0 Å². The molecule has 14 nitrogen and oxygen atoms in total. The van der Waals surface area contributed by atoms with Crippen molar-refractivity contribution in [3.05, 3.63) is 118 Å². The number of anilines is 4. The minimum atomic E-state index is -0.739. The van der Waals surface area contributed by atoms with Gasteiger partial charge in [-0.25, -0.2) is 27.5 Å². The Bertz CT molecular complexity index is 3000. The average molecular weight is 922 g/mol. The molecule has 0 spiro atoms. The Morgan fingerprint density at radius 1 is 0.683 bits per heavy atom. The smallest absolute Gasteiger partial charge is 0.229 e. The molecule has 1 aliphatic heterocycles. The van der Waals surface area contributed by atoms with E-state index in [1.54, 1.807) is 26.6 Å². The standard InChI is InChI=1S/C26H25F2N7O.C18H12BrF2N5O/c1-34-10-12-35(13-11-34)9-3-4-17-5-8-23(36-2)19(14-17)24-20-16-29-26(31-25(20)33-32-24)30-22-7-6-18(27)15-21(22)28;1-27-15-5-2-9(19)6-11(15)16-12-8-22-18(24-17(12)26-25-16)23-14-4-3-10(20)7-13(14)21/h5-8,14-16H,9-13H2,1-2H3,(H2,29,30,31,32,33);2-8H,1H3,(H2,22,23,24,25,26). The van der Waals surface area contributed by atoms with Crippen LogP contribution in [0.15, 0.2) is 89.7 Å². The van der Waals surface area contributed by atoms with E-state index in [9.17, 15) is 17.6 Å². The summed E-state index contributed by atoms with van der Waals surface area (Å²) in [5.41, 5.74) is 4.73. The van der Waals surface area contributed by atoms with Gasteiger partial charge in [0.25, 0.3) is 0 Å². The molecule has 1 saturated heterocycles. The molecule has 19 heteroatoms. The summed E-state index contributed by atoms with van der Waals surface area (Å²) in [5, 5.41) is 21.3. The van der Waals surface area contributed by atoms with Crippen LogP contribution in [0.4, 0.5) is 40.8 Å². The number of hydrogen-bond acceptors (Lipinski definition) is 12. The van der Waals surface area contributed by atoms with Crippen LogP contribution in [0.25, 0.3) is 44.6 Å². The molecular formula is C44H37BrF4N12O2. The number of methoxy groups -OCH3 is 2. The van der Waals surface area contributed by atoms with Gasteiger partial charge in [-0.2, -0.15) is 20.2 Å². The third kappa shape index (κ3) is 9.83. The minimum Gasteiger partial charge on any atom is -0.496 e. The van der Waals surface area contributed by atoms with Gasteiger partial charge in [0.1, 0.15) is 34.8 Å². The van der Waals surface area contributed by atoms with E-state index in [0.717, 1.165) is 78.2 Å². The van der Waals surface area contributed by atoms with E-state index in [0.29, 0.717) is 45.0 Å². The van der Waals surface area contributed by atoms with Gasteiger partial charge in [0, 0.05) is 71.9 Å². The van der Waals surface area contributed by atoms with Crippen molar-refractivity contribution in [1.82, 2.24) is 50.1 Å². The molecule has 320 valence electrons. The number of H-pyrrole nitrogens is 2. The van der Waals surface area contributed by atoms with Crippen molar-refractivity contribution in [3.63, 3.8) is 0 Å². The van der Waals surface area contributed by atoms with Crippen LogP contribution in [0.5, 0.6) is 11.5 Å². The Kier molecular flexibility index (Phi) is 12.7. The third-order valence-corrected chi connectivity index (χ3v) is 10.5. The number of ether oxygens (including phenoxy) is 2. The lowest BCUT2D eigenvalue weighted by Crippen LogP contribution is -2.44. The van der Waals surface area contributed by atoms with Gasteiger partial charge in [-0.15, -0.1) is 0 Å². The SMILES string of the molecule is COc1ccc(Br)cc1-c1[nH]nc2nc(Nc3ccc(F)cc3F)ncc12.COc1ccc(C#CCN2CCN(C)CC2)cc1-c1[nH]nc2nc(Nc3ccc(F)cc3F)ncc12. The van der Waals surface area contributed by atoms with Gasteiger partial charge in [-0.1, -0.05) is 27.8 Å². The van der Waals surface area contributed by atoms with Gasteiger partial charge in [-0.05, 0) is 67.7 Å². The number of aromatic nitrogens is 8. The highest BCUT2D eigenvalue weighted by molar-refractivity contribution is 9.10. The summed E-state index contributed by atoms with van der Waals surface area (Å²) >= 11 is 3.44. The predicted molar refractivity (Wildman–Crippen MR) is 235 cm³/mol. The average Bonchev–Trinajstić information content (AvgIpc) is 3.90. The monoisotopic (exact) mass is 920 g/mol. The fourth-order valence-corrected chi connectivity index (χ4v) is 7.04. The number of nitrogens with zero attached hydrogens (tertiary/aromatic N) is 8. The van der Waals surface area contributed by atoms with Crippen LogP contribution in [0.1, 0.15) is 5.56 Å². The Balaban J connectivity index is 0.000000180. The number of likely N-dealkylation sites (N-methyl/N-ethyl adjacent to an activating group) is 1. The van der Waals surface area contributed by atoms with Crippen LogP contribution in [0.2, 0.25) is 0 Å². The van der Waals surface area contributed by atoms with E-state index in [1.807, 2.05) is 36.4 Å². The summed E-state index contributed by atoms with van der Waals surface area (Å²) in [5.74, 6) is 5.34. The molecule has 4 aromatic heterocycles. The highest BCUT2D eigenvalue weighted by atomic mass is 79.9. The number of nitrogens with one attached hydrogen (secondary N) is 4. The lowest BCUT2D eigenvalue weighted by atomic mass is 10.1. The Hall–Kier alpha value is -7.14. The van der Waals surface area contributed by atoms with Gasteiger partial charge in [-0.3, -0.25) is 15.1 Å². The van der Waals surface area contributed by atoms with Crippen molar-refractivity contribution in [3.8, 4) is 45.9 Å². The van der Waals surface area contributed by atoms with Crippen molar-refractivity contribution in [1.29, 1.82) is 0 Å². The molecule has 0 atom stereocenters. The summed E-state index contributed by atoms with van der Waals surface area (Å²) in [4.78, 5) is 21.8. The summed E-state index contributed by atoms with van der Waals surface area (Å²) in [6.45, 7) is 4.87. The Morgan fingerprint density at radius 3 is 1.73 bits per heavy atom. The summed E-state index contributed by atoms with van der Waals surface area (Å²) in [6.07, 6.45) is 3.17. The van der Waals surface area contributed by atoms with Crippen molar-refractivity contribution in [2.75, 3.05) is 64.6 Å². The number of benzene rings is 4. The number of halogens is 5. The quantitative estimate of drug-likeness (QED) is 0.0810. The lowest BCUT2D eigenvalue weighted by Gasteiger charge is -2.30. The normalized spacial score (nSPS) is 13.0. The summed E-state index contributed by atoms with van der Waals surface area (Å²) in [6, 6.07) is 17.8. The van der Waals surface area contributed by atoms with Crippen LogP contribution in [-0.2, 0) is 0 Å². The molecule has 0 unspecified atom stereocenters. The Labute approximate surface area is 366 Å². The van der Waals surface area contributed by atoms with Gasteiger partial charge < -0.3 is 25.0 Å². The molecule has 4 aromatic carbocycles. The van der Waals surface area contributed by atoms with Crippen molar-refractivity contribution >= 4 is 61.3 Å². The maximum absolute atomic E-state index is 14.0. The zero-order chi connectivity index (χ0) is 44.0. The number of aromatic amines is 2. The number of piperazine rings is 1. The second kappa shape index (κ2) is 18.9. The van der Waals surface area contributed by atoms with Crippen LogP contribution in [0, 0.1) is 35.1 Å². The van der Waals surface area contributed by atoms with E-state index in [-0.39, 0.29) is 23.3 Å². The first-order chi connectivity index (χ1) is 30.5. The van der Waals surface area contributed by atoms with Crippen LogP contribution >= 0.6 is 15.9 Å². The lowest BCUT2D eigenvalue weighted by molar-refractivity contribution is 0.168. The number of fused-ring (bicyclic) bond motifs is 2. The zero-order valence-corrected chi connectivity index (χ0v) is 35.5. The number of hydrogen-bond donors (Lipinski definition) is 4. The van der Waals surface area contributed by atoms with Crippen molar-refractivity contribution < 1.29 is 27.0 Å². The summed E-state index contributed by atoms with van der Waals surface area (Å²) < 4.78 is 65.9. The van der Waals surface area contributed by atoms with E-state index in [2.05, 4.69) is 95.6 Å². The first-order valence-electron chi connectivity index (χ1n) is 19.3. The molecule has 0 aliphatic carbocycles. The molecule has 0 saturated carbocycles. The van der Waals surface area contributed by atoms with Crippen LogP contribution in [-0.4, -0.2) is 104 Å². The maximum Gasteiger partial charge on any atom is 0.229 e. The van der Waals surface area contributed by atoms with Gasteiger partial charge >= 0.3 is 0 Å². The first-order valence-corrected chi connectivity index (χ1v) is 20.1. The molecule has 0 bridgehead atoms. The number of rotatable bonds is 9. The van der Waals surface area contributed by atoms with Gasteiger partial charge in [0.15, 0.2) is 11.3 Å². The van der Waals surface area contributed by atoms with Crippen LogP contribution < -0.4 is 20.1 Å². The van der Waals surface area contributed by atoms with E-state index >= 15 is 0 Å². The second-order valence-corrected chi connectivity index (χ2v) is 15.1. The largest absolute Gasteiger partial charge is 0.496 e. The van der Waals surface area contributed by atoms with Crippen LogP contribution in [0.3, 0.4) is 0 Å². The fraction of sp³-hybridized carbons (Fsp3) is 0.182. The van der Waals surface area contributed by atoms with Gasteiger partial charge in [0.2, 0.25) is 11.9 Å². The molecule has 4 N–H and O–H groups in total. The van der Waals surface area contributed by atoms with E-state index in [1.165, 1.54) is 12.1 Å². The molecule has 0 amide bonds. The predicted octanol–water partition coefficient (Wildman–Crippen LogP) is 8.46. The van der Waals surface area contributed by atoms with Gasteiger partial charge in [0.05, 0.1) is 54.3 Å². The topological polar surface area (TPSA) is 158 Å². The van der Waals surface area contributed by atoms with E-state index < -0.39 is 23.3 Å². The molecule has 1 fully saturated rings. The maximum atomic E-state index is 14.0. The molecule has 9 rings (SSSR count). The minimum absolute atomic E-state index is 0.0658. The summed E-state index contributed by atoms with van der Waals surface area (Å²) in [7, 11) is 5.32. The zero-order valence-electron chi connectivity index (χ0n) is 33.9. The molecule has 1 aliphatic rings. The van der Waals surface area contributed by atoms with E-state index in [4.69, 9.17) is 9.47 Å². The highest BCUT2D eigenvalue weighted by Gasteiger charge is 2.18.